The molecule has 0 aromatic heterocycles. The van der Waals surface area contributed by atoms with E-state index in [0.717, 1.165) is 122 Å². The van der Waals surface area contributed by atoms with Gasteiger partial charge in [-0.3, -0.25) is 18.6 Å². The number of rotatable bonds is 73. The molecule has 0 radical (unpaired) electrons. The van der Waals surface area contributed by atoms with Crippen molar-refractivity contribution in [3.63, 3.8) is 0 Å². The molecule has 0 aliphatic carbocycles. The van der Waals surface area contributed by atoms with Gasteiger partial charge in [0.25, 0.3) is 0 Å². The van der Waals surface area contributed by atoms with Crippen molar-refractivity contribution >= 4 is 19.8 Å². The molecular formula is C88H151NO8P+. The molecule has 10 heteroatoms. The third kappa shape index (κ3) is 80.6. The zero-order chi connectivity index (χ0) is 71.1. The number of unbranched alkanes of at least 4 members (excludes halogenated alkanes) is 33. The standard InChI is InChI=1S/C88H150NO8P/c1-6-8-10-12-14-16-18-20-22-24-26-28-30-32-34-36-38-40-41-42-43-44-45-46-47-49-51-53-55-57-59-61-63-65-67-69-71-73-75-77-79-81-88(91)97-86(85-96-98(92,93)95-83-82-89(3,4)5)84-94-87(90)80-78-76-74-72-70-68-66-64-62-60-58-56-54-52-50-48-39-37-35-33-31-29-27-25-23-21-19-17-15-13-11-9-7-2/h8,10,14,16,19-22,25-28,31-34,38,40,42-43,45-46,49,51,55,57,86H,6-7,9,11-13,15,17-18,23-24,29-30,35-37,39,41,44,47-48,50,52-54,56,58-85H2,1-5H3/p+1/b10-8-,16-14-,21-19-,22-20-,27-25-,28-26-,33-31-,34-32-,40-38-,43-42-,46-45-,51-49-,57-55-. The molecule has 0 saturated heterocycles. The van der Waals surface area contributed by atoms with Gasteiger partial charge in [0, 0.05) is 12.8 Å². The van der Waals surface area contributed by atoms with E-state index in [9.17, 15) is 19.0 Å². The lowest BCUT2D eigenvalue weighted by Gasteiger charge is -2.24. The highest BCUT2D eigenvalue weighted by Gasteiger charge is 2.27. The maximum absolute atomic E-state index is 12.9. The fraction of sp³-hybridized carbons (Fsp3) is 0.682. The Morgan fingerprint density at radius 2 is 0.582 bits per heavy atom. The van der Waals surface area contributed by atoms with Gasteiger partial charge in [-0.2, -0.15) is 0 Å². The zero-order valence-corrected chi connectivity index (χ0v) is 64.9. The summed E-state index contributed by atoms with van der Waals surface area (Å²) in [5, 5.41) is 0. The number of carbonyl (C=O) groups excluding carboxylic acids is 2. The van der Waals surface area contributed by atoms with Crippen molar-refractivity contribution in [2.45, 2.75) is 341 Å². The summed E-state index contributed by atoms with van der Waals surface area (Å²) >= 11 is 0. The van der Waals surface area contributed by atoms with Crippen molar-refractivity contribution in [3.8, 4) is 0 Å². The van der Waals surface area contributed by atoms with Crippen LogP contribution in [0, 0.1) is 0 Å². The molecule has 0 fully saturated rings. The van der Waals surface area contributed by atoms with Gasteiger partial charge in [0.15, 0.2) is 6.10 Å². The molecular weight excluding hydrogens is 1230 g/mol. The van der Waals surface area contributed by atoms with E-state index in [0.29, 0.717) is 17.4 Å². The third-order valence-corrected chi connectivity index (χ3v) is 18.0. The molecule has 0 aromatic rings. The molecule has 560 valence electrons. The topological polar surface area (TPSA) is 108 Å². The largest absolute Gasteiger partial charge is 0.472 e. The molecule has 0 aliphatic rings. The van der Waals surface area contributed by atoms with Gasteiger partial charge in [0.2, 0.25) is 0 Å². The molecule has 9 nitrogen and oxygen atoms in total. The van der Waals surface area contributed by atoms with Gasteiger partial charge in [-0.25, -0.2) is 4.57 Å². The van der Waals surface area contributed by atoms with Gasteiger partial charge in [-0.1, -0.05) is 352 Å². The number of hydrogen-bond donors (Lipinski definition) is 1. The molecule has 98 heavy (non-hydrogen) atoms. The first kappa shape index (κ1) is 93.6. The first-order valence-corrected chi connectivity index (χ1v) is 41.7. The number of hydrogen-bond acceptors (Lipinski definition) is 7. The van der Waals surface area contributed by atoms with E-state index in [-0.39, 0.29) is 32.0 Å². The summed E-state index contributed by atoms with van der Waals surface area (Å²) in [4.78, 5) is 36.0. The van der Waals surface area contributed by atoms with Crippen LogP contribution in [0.1, 0.15) is 335 Å². The molecule has 0 rings (SSSR count). The number of allylic oxidation sites excluding steroid dienone is 26. The Hall–Kier alpha value is -4.37. The van der Waals surface area contributed by atoms with Gasteiger partial charge in [-0.15, -0.1) is 0 Å². The number of phosphoric acid groups is 1. The zero-order valence-electron chi connectivity index (χ0n) is 64.0. The maximum Gasteiger partial charge on any atom is 0.472 e. The molecule has 1 N–H and O–H groups in total. The van der Waals surface area contributed by atoms with Crippen molar-refractivity contribution in [1.82, 2.24) is 0 Å². The van der Waals surface area contributed by atoms with Crippen LogP contribution < -0.4 is 0 Å². The lowest BCUT2D eigenvalue weighted by atomic mass is 10.0. The normalized spacial score (nSPS) is 13.9. The van der Waals surface area contributed by atoms with Crippen LogP contribution in [0.2, 0.25) is 0 Å². The average Bonchev–Trinajstić information content (AvgIpc) is 1.08. The van der Waals surface area contributed by atoms with E-state index >= 15 is 0 Å². The summed E-state index contributed by atoms with van der Waals surface area (Å²) in [6.07, 6.45) is 115. The number of nitrogens with zero attached hydrogens (tertiary/aromatic N) is 1. The number of carbonyl (C=O) groups is 2. The molecule has 0 saturated carbocycles. The Morgan fingerprint density at radius 1 is 0.327 bits per heavy atom. The molecule has 0 heterocycles. The van der Waals surface area contributed by atoms with Crippen molar-refractivity contribution in [1.29, 1.82) is 0 Å². The van der Waals surface area contributed by atoms with Crippen LogP contribution >= 0.6 is 7.82 Å². The minimum absolute atomic E-state index is 0.0253. The van der Waals surface area contributed by atoms with Gasteiger partial charge in [0.1, 0.15) is 19.8 Å². The smallest absolute Gasteiger partial charge is 0.462 e. The fourth-order valence-corrected chi connectivity index (χ4v) is 11.7. The van der Waals surface area contributed by atoms with Crippen molar-refractivity contribution in [2.24, 2.45) is 0 Å². The number of ether oxygens (including phenoxy) is 2. The lowest BCUT2D eigenvalue weighted by Crippen LogP contribution is -2.37. The summed E-state index contributed by atoms with van der Waals surface area (Å²) in [5.74, 6) is -0.799. The second-order valence-corrected chi connectivity index (χ2v) is 29.2. The highest BCUT2D eigenvalue weighted by Crippen LogP contribution is 2.43. The third-order valence-electron chi connectivity index (χ3n) is 17.0. The van der Waals surface area contributed by atoms with Crippen LogP contribution in [-0.2, 0) is 32.7 Å². The quantitative estimate of drug-likeness (QED) is 0.0211. The summed E-state index contributed by atoms with van der Waals surface area (Å²) in [6.45, 7) is 4.32. The van der Waals surface area contributed by atoms with Crippen molar-refractivity contribution in [3.05, 3.63) is 158 Å². The van der Waals surface area contributed by atoms with Crippen LogP contribution in [0.5, 0.6) is 0 Å². The lowest BCUT2D eigenvalue weighted by molar-refractivity contribution is -0.870. The van der Waals surface area contributed by atoms with Crippen molar-refractivity contribution < 1.29 is 42.1 Å². The van der Waals surface area contributed by atoms with Crippen LogP contribution in [0.15, 0.2) is 158 Å². The second kappa shape index (κ2) is 76.8. The van der Waals surface area contributed by atoms with E-state index in [1.807, 2.05) is 21.1 Å². The monoisotopic (exact) mass is 1380 g/mol. The van der Waals surface area contributed by atoms with E-state index in [2.05, 4.69) is 172 Å². The number of quaternary nitrogens is 1. The summed E-state index contributed by atoms with van der Waals surface area (Å²) < 4.78 is 34.8. The molecule has 0 amide bonds. The molecule has 2 atom stereocenters. The molecule has 0 aliphatic heterocycles. The number of phosphoric ester groups is 1. The minimum Gasteiger partial charge on any atom is -0.462 e. The van der Waals surface area contributed by atoms with Crippen LogP contribution in [0.4, 0.5) is 0 Å². The summed E-state index contributed by atoms with van der Waals surface area (Å²) in [5.41, 5.74) is 0. The molecule has 0 spiro atoms. The Balaban J connectivity index is 4.03. The predicted molar refractivity (Wildman–Crippen MR) is 426 cm³/mol. The van der Waals surface area contributed by atoms with E-state index < -0.39 is 26.5 Å². The SMILES string of the molecule is CC/C=C\C/C=C\C/C=C\C/C=C\C/C=C\C/C=C\C/C=C\C/C=C\C/C=C\C/C=C\CCCCCCCCCCCCC(=O)OC(COC(=O)CCCCCCCCCCCCCCCCCCCC/C=C\C/C=C\C/C=C\CCCCCCC)COP(=O)(O)OCC[N+](C)(C)C. The van der Waals surface area contributed by atoms with Crippen LogP contribution in [0.3, 0.4) is 0 Å². The Bertz CT molecular complexity index is 2220. The van der Waals surface area contributed by atoms with Gasteiger partial charge in [0.05, 0.1) is 27.7 Å². The second-order valence-electron chi connectivity index (χ2n) is 27.7. The molecule has 0 bridgehead atoms. The first-order chi connectivity index (χ1) is 48.0. The van der Waals surface area contributed by atoms with E-state index in [1.54, 1.807) is 0 Å². The van der Waals surface area contributed by atoms with Crippen LogP contribution in [0.25, 0.3) is 0 Å². The van der Waals surface area contributed by atoms with Crippen LogP contribution in [-0.4, -0.2) is 74.9 Å². The Labute approximate surface area is 605 Å². The van der Waals surface area contributed by atoms with Crippen molar-refractivity contribution in [2.75, 3.05) is 47.5 Å². The molecule has 2 unspecified atom stereocenters. The highest BCUT2D eigenvalue weighted by atomic mass is 31.2. The Morgan fingerprint density at radius 3 is 0.867 bits per heavy atom. The first-order valence-electron chi connectivity index (χ1n) is 40.2. The summed E-state index contributed by atoms with van der Waals surface area (Å²) in [7, 11) is 1.47. The number of likely N-dealkylation sites (N-methyl/N-ethyl adjacent to an activating group) is 1. The van der Waals surface area contributed by atoms with Gasteiger partial charge < -0.3 is 18.9 Å². The predicted octanol–water partition coefficient (Wildman–Crippen LogP) is 27.1. The minimum atomic E-state index is -4.41. The van der Waals surface area contributed by atoms with Gasteiger partial charge in [-0.05, 0) is 128 Å². The highest BCUT2D eigenvalue weighted by molar-refractivity contribution is 7.47. The van der Waals surface area contributed by atoms with E-state index in [1.165, 1.54) is 180 Å². The molecule has 0 aromatic carbocycles. The fourth-order valence-electron chi connectivity index (χ4n) is 10.9. The Kier molecular flexibility index (Phi) is 73.4. The maximum atomic E-state index is 12.9. The average molecular weight is 1380 g/mol. The summed E-state index contributed by atoms with van der Waals surface area (Å²) in [6, 6.07) is 0. The number of esters is 2. The van der Waals surface area contributed by atoms with Gasteiger partial charge >= 0.3 is 19.8 Å². The van der Waals surface area contributed by atoms with E-state index in [4.69, 9.17) is 18.5 Å².